The Balaban J connectivity index is 1.44. The molecule has 1 aliphatic carbocycles. The normalized spacial score (nSPS) is 17.9. The summed E-state index contributed by atoms with van der Waals surface area (Å²) in [5, 5.41) is 2.09. The summed E-state index contributed by atoms with van der Waals surface area (Å²) in [5.74, 6) is 1.37. The number of thiophene rings is 1. The minimum atomic E-state index is 0.237. The molecule has 0 spiro atoms. The second kappa shape index (κ2) is 6.32. The third-order valence-electron chi connectivity index (χ3n) is 4.89. The number of amides is 1. The summed E-state index contributed by atoms with van der Waals surface area (Å²) in [6.07, 6.45) is 6.68. The molecule has 1 N–H and O–H groups in total. The maximum atomic E-state index is 12.9. The molecular formula is C18H22N3OS+. The van der Waals surface area contributed by atoms with E-state index < -0.39 is 0 Å². The molecule has 2 aromatic heterocycles. The molecule has 4 rings (SSSR count). The number of carbonyl (C=O) groups excluding carboxylic acids is 1. The Morgan fingerprint density at radius 1 is 1.09 bits per heavy atom. The fourth-order valence-corrected chi connectivity index (χ4v) is 4.69. The SMILES string of the molecule is O=C(c1csc2c1CCCC2)N1CCN(c2cccc[nH+]2)CC1. The van der Waals surface area contributed by atoms with Gasteiger partial charge in [0.05, 0.1) is 24.8 Å². The van der Waals surface area contributed by atoms with Crippen molar-refractivity contribution < 1.29 is 9.78 Å². The van der Waals surface area contributed by atoms with E-state index in [9.17, 15) is 4.79 Å². The average Bonchev–Trinajstić information content (AvgIpc) is 3.06. The third-order valence-corrected chi connectivity index (χ3v) is 5.98. The van der Waals surface area contributed by atoms with E-state index in [2.05, 4.69) is 21.3 Å². The number of hydrogen-bond acceptors (Lipinski definition) is 3. The van der Waals surface area contributed by atoms with Gasteiger partial charge in [-0.2, -0.15) is 0 Å². The first kappa shape index (κ1) is 14.7. The number of carbonyl (C=O) groups is 1. The number of hydrogen-bond donors (Lipinski definition) is 0. The molecule has 2 aliphatic rings. The molecule has 1 saturated heterocycles. The highest BCUT2D eigenvalue weighted by Gasteiger charge is 2.29. The maximum absolute atomic E-state index is 12.9. The van der Waals surface area contributed by atoms with E-state index in [1.807, 2.05) is 23.2 Å². The van der Waals surface area contributed by atoms with Crippen LogP contribution in [0.15, 0.2) is 29.8 Å². The Morgan fingerprint density at radius 2 is 1.91 bits per heavy atom. The van der Waals surface area contributed by atoms with Crippen molar-refractivity contribution in [1.82, 2.24) is 4.90 Å². The molecule has 0 atom stereocenters. The van der Waals surface area contributed by atoms with Crippen molar-refractivity contribution in [3.8, 4) is 0 Å². The summed E-state index contributed by atoms with van der Waals surface area (Å²) in [5.41, 5.74) is 2.31. The molecular weight excluding hydrogens is 306 g/mol. The Kier molecular flexibility index (Phi) is 4.04. The van der Waals surface area contributed by atoms with Crippen LogP contribution in [0.5, 0.6) is 0 Å². The van der Waals surface area contributed by atoms with Gasteiger partial charge in [-0.15, -0.1) is 11.3 Å². The number of aromatic nitrogens is 1. The largest absolute Gasteiger partial charge is 0.331 e. The summed E-state index contributed by atoms with van der Waals surface area (Å²) in [6, 6.07) is 6.12. The van der Waals surface area contributed by atoms with Gasteiger partial charge in [0.2, 0.25) is 0 Å². The molecule has 1 fully saturated rings. The van der Waals surface area contributed by atoms with Crippen LogP contribution < -0.4 is 9.88 Å². The Labute approximate surface area is 140 Å². The van der Waals surface area contributed by atoms with Crippen LogP contribution in [0.1, 0.15) is 33.6 Å². The summed E-state index contributed by atoms with van der Waals surface area (Å²) < 4.78 is 0. The number of anilines is 1. The van der Waals surface area contributed by atoms with Gasteiger partial charge in [-0.3, -0.25) is 9.69 Å². The Morgan fingerprint density at radius 3 is 2.70 bits per heavy atom. The van der Waals surface area contributed by atoms with Gasteiger partial charge in [0, 0.05) is 16.3 Å². The van der Waals surface area contributed by atoms with Crippen LogP contribution in [0.3, 0.4) is 0 Å². The summed E-state index contributed by atoms with van der Waals surface area (Å²) in [4.78, 5) is 21.9. The van der Waals surface area contributed by atoms with E-state index in [0.29, 0.717) is 0 Å². The van der Waals surface area contributed by atoms with Gasteiger partial charge >= 0.3 is 0 Å². The van der Waals surface area contributed by atoms with E-state index in [1.54, 1.807) is 11.3 Å². The van der Waals surface area contributed by atoms with Crippen molar-refractivity contribution in [3.63, 3.8) is 0 Å². The number of nitrogens with zero attached hydrogens (tertiary/aromatic N) is 2. The molecule has 0 radical (unpaired) electrons. The molecule has 2 aromatic rings. The fourth-order valence-electron chi connectivity index (χ4n) is 3.57. The minimum absolute atomic E-state index is 0.237. The van der Waals surface area contributed by atoms with Gasteiger partial charge in [-0.25, -0.2) is 4.98 Å². The van der Waals surface area contributed by atoms with E-state index in [0.717, 1.165) is 50.4 Å². The van der Waals surface area contributed by atoms with E-state index in [-0.39, 0.29) is 5.91 Å². The molecule has 5 heteroatoms. The van der Waals surface area contributed by atoms with Crippen LogP contribution in [-0.2, 0) is 12.8 Å². The molecule has 120 valence electrons. The van der Waals surface area contributed by atoms with Gasteiger partial charge in [-0.05, 0) is 37.3 Å². The minimum Gasteiger partial charge on any atom is -0.331 e. The predicted molar refractivity (Wildman–Crippen MR) is 92.1 cm³/mol. The number of aromatic amines is 1. The van der Waals surface area contributed by atoms with Crippen molar-refractivity contribution in [1.29, 1.82) is 0 Å². The number of aryl methyl sites for hydroxylation is 1. The average molecular weight is 328 g/mol. The number of piperazine rings is 1. The molecule has 0 saturated carbocycles. The Bertz CT molecular complexity index is 690. The monoisotopic (exact) mass is 328 g/mol. The first-order valence-electron chi connectivity index (χ1n) is 8.43. The number of nitrogens with one attached hydrogen (secondary N) is 1. The highest BCUT2D eigenvalue weighted by Crippen LogP contribution is 2.31. The number of pyridine rings is 1. The van der Waals surface area contributed by atoms with Crippen LogP contribution in [0.2, 0.25) is 0 Å². The zero-order chi connectivity index (χ0) is 15.6. The highest BCUT2D eigenvalue weighted by atomic mass is 32.1. The van der Waals surface area contributed by atoms with Crippen LogP contribution >= 0.6 is 11.3 Å². The van der Waals surface area contributed by atoms with Crippen molar-refractivity contribution in [2.45, 2.75) is 25.7 Å². The van der Waals surface area contributed by atoms with Crippen LogP contribution in [0.25, 0.3) is 0 Å². The zero-order valence-electron chi connectivity index (χ0n) is 13.3. The summed E-state index contributed by atoms with van der Waals surface area (Å²) in [7, 11) is 0. The van der Waals surface area contributed by atoms with Crippen molar-refractivity contribution in [2.24, 2.45) is 0 Å². The number of H-pyrrole nitrogens is 1. The van der Waals surface area contributed by atoms with Gasteiger partial charge in [0.15, 0.2) is 0 Å². The zero-order valence-corrected chi connectivity index (χ0v) is 14.1. The second-order valence-corrected chi connectivity index (χ2v) is 7.25. The summed E-state index contributed by atoms with van der Waals surface area (Å²) >= 11 is 1.78. The molecule has 1 aliphatic heterocycles. The first-order valence-corrected chi connectivity index (χ1v) is 9.31. The van der Waals surface area contributed by atoms with E-state index >= 15 is 0 Å². The fraction of sp³-hybridized carbons (Fsp3) is 0.444. The summed E-state index contributed by atoms with van der Waals surface area (Å²) in [6.45, 7) is 3.37. The van der Waals surface area contributed by atoms with Gasteiger partial charge < -0.3 is 4.90 Å². The smallest absolute Gasteiger partial charge is 0.274 e. The molecule has 0 bridgehead atoms. The second-order valence-electron chi connectivity index (χ2n) is 6.29. The van der Waals surface area contributed by atoms with E-state index in [1.165, 1.54) is 23.3 Å². The van der Waals surface area contributed by atoms with Gasteiger partial charge in [0.25, 0.3) is 11.7 Å². The lowest BCUT2D eigenvalue weighted by Gasteiger charge is -2.31. The van der Waals surface area contributed by atoms with Crippen molar-refractivity contribution >= 4 is 23.1 Å². The van der Waals surface area contributed by atoms with Crippen LogP contribution in [0.4, 0.5) is 5.82 Å². The standard InChI is InChI=1S/C18H21N3OS/c22-18(15-13-23-16-6-2-1-5-14(15)16)21-11-9-20(10-12-21)17-7-3-4-8-19-17/h3-4,7-8,13H,1-2,5-6,9-12H2/p+1. The molecule has 1 amide bonds. The Hall–Kier alpha value is -1.88. The molecule has 0 aromatic carbocycles. The number of fused-ring (bicyclic) bond motifs is 1. The van der Waals surface area contributed by atoms with Crippen LogP contribution in [0, 0.1) is 0 Å². The topological polar surface area (TPSA) is 37.7 Å². The predicted octanol–water partition coefficient (Wildman–Crippen LogP) is 2.40. The van der Waals surface area contributed by atoms with Gasteiger partial charge in [0.1, 0.15) is 13.1 Å². The molecule has 3 heterocycles. The maximum Gasteiger partial charge on any atom is 0.274 e. The molecule has 0 unspecified atom stereocenters. The lowest BCUT2D eigenvalue weighted by atomic mass is 9.95. The van der Waals surface area contributed by atoms with Crippen molar-refractivity contribution in [3.05, 3.63) is 45.8 Å². The lowest BCUT2D eigenvalue weighted by molar-refractivity contribution is -0.364. The first-order chi connectivity index (χ1) is 11.3. The van der Waals surface area contributed by atoms with Gasteiger partial charge in [-0.1, -0.05) is 6.07 Å². The van der Waals surface area contributed by atoms with Crippen molar-refractivity contribution in [2.75, 3.05) is 31.1 Å². The quantitative estimate of drug-likeness (QED) is 0.849. The number of rotatable bonds is 2. The third kappa shape index (κ3) is 2.85. The van der Waals surface area contributed by atoms with Crippen LogP contribution in [-0.4, -0.2) is 37.0 Å². The molecule has 4 nitrogen and oxygen atoms in total. The lowest BCUT2D eigenvalue weighted by Crippen LogP contribution is -2.50. The van der Waals surface area contributed by atoms with E-state index in [4.69, 9.17) is 0 Å². The molecule has 23 heavy (non-hydrogen) atoms. The highest BCUT2D eigenvalue weighted by molar-refractivity contribution is 7.10.